The molecule has 4 heteroatoms. The first-order valence-electron chi connectivity index (χ1n) is 7.20. The minimum Gasteiger partial charge on any atom is -0.351 e. The lowest BCUT2D eigenvalue weighted by Crippen LogP contribution is -2.38. The molecule has 1 aliphatic rings. The fourth-order valence-electron chi connectivity index (χ4n) is 2.63. The summed E-state index contributed by atoms with van der Waals surface area (Å²) in [7, 11) is 0. The van der Waals surface area contributed by atoms with Crippen molar-refractivity contribution in [3.63, 3.8) is 0 Å². The first-order chi connectivity index (χ1) is 9.90. The van der Waals surface area contributed by atoms with Gasteiger partial charge in [-0.2, -0.15) is 0 Å². The lowest BCUT2D eigenvalue weighted by Gasteiger charge is -2.32. The van der Waals surface area contributed by atoms with Crippen molar-refractivity contribution in [3.8, 4) is 0 Å². The molecule has 0 aliphatic carbocycles. The Morgan fingerprint density at radius 3 is 2.40 bits per heavy atom. The molecule has 1 saturated heterocycles. The van der Waals surface area contributed by atoms with Crippen LogP contribution in [0.1, 0.15) is 18.4 Å². The summed E-state index contributed by atoms with van der Waals surface area (Å²) < 4.78 is 0. The van der Waals surface area contributed by atoms with Crippen molar-refractivity contribution in [2.75, 3.05) is 18.4 Å². The Balaban J connectivity index is 1.47. The van der Waals surface area contributed by atoms with E-state index in [1.807, 2.05) is 6.07 Å². The Hall–Kier alpha value is -1.94. The Morgan fingerprint density at radius 2 is 1.70 bits per heavy atom. The molecule has 0 saturated carbocycles. The third-order valence-electron chi connectivity index (χ3n) is 3.74. The minimum atomic E-state index is 0.490. The summed E-state index contributed by atoms with van der Waals surface area (Å²) >= 11 is 0. The van der Waals surface area contributed by atoms with Crippen LogP contribution < -0.4 is 5.32 Å². The van der Waals surface area contributed by atoms with Crippen molar-refractivity contribution < 1.29 is 0 Å². The van der Waals surface area contributed by atoms with E-state index in [0.29, 0.717) is 6.04 Å². The van der Waals surface area contributed by atoms with Crippen molar-refractivity contribution in [3.05, 3.63) is 54.4 Å². The lowest BCUT2D eigenvalue weighted by atomic mass is 10.0. The zero-order chi connectivity index (χ0) is 13.6. The molecule has 1 aromatic heterocycles. The van der Waals surface area contributed by atoms with Gasteiger partial charge < -0.3 is 5.32 Å². The van der Waals surface area contributed by atoms with Gasteiger partial charge >= 0.3 is 0 Å². The molecule has 0 atom stereocenters. The van der Waals surface area contributed by atoms with Crippen LogP contribution in [-0.2, 0) is 6.54 Å². The van der Waals surface area contributed by atoms with E-state index in [2.05, 4.69) is 50.5 Å². The van der Waals surface area contributed by atoms with Crippen LogP contribution in [0.5, 0.6) is 0 Å². The number of nitrogens with one attached hydrogen (secondary N) is 1. The van der Waals surface area contributed by atoms with Gasteiger partial charge in [0.05, 0.1) is 0 Å². The molecule has 3 rings (SSSR count). The van der Waals surface area contributed by atoms with Gasteiger partial charge in [0, 0.05) is 38.1 Å². The van der Waals surface area contributed by atoms with Crippen LogP contribution in [0.3, 0.4) is 0 Å². The zero-order valence-corrected chi connectivity index (χ0v) is 11.6. The molecule has 0 radical (unpaired) electrons. The fraction of sp³-hybridized carbons (Fsp3) is 0.375. The molecule has 2 aromatic rings. The van der Waals surface area contributed by atoms with Crippen LogP contribution in [0.25, 0.3) is 0 Å². The first-order valence-corrected chi connectivity index (χ1v) is 7.20. The van der Waals surface area contributed by atoms with Crippen molar-refractivity contribution >= 4 is 5.95 Å². The second kappa shape index (κ2) is 6.48. The van der Waals surface area contributed by atoms with E-state index in [-0.39, 0.29) is 0 Å². The summed E-state index contributed by atoms with van der Waals surface area (Å²) in [5.41, 5.74) is 1.39. The average Bonchev–Trinajstić information content (AvgIpc) is 2.51. The maximum atomic E-state index is 4.22. The van der Waals surface area contributed by atoms with Crippen molar-refractivity contribution in [1.82, 2.24) is 14.9 Å². The van der Waals surface area contributed by atoms with Gasteiger partial charge in [-0.15, -0.1) is 0 Å². The standard InChI is InChI=1S/C16H20N4/c1-2-5-14(6-3-1)13-20-11-7-15(8-12-20)19-16-17-9-4-10-18-16/h1-6,9-10,15H,7-8,11-13H2,(H,17,18,19). The highest BCUT2D eigenvalue weighted by Gasteiger charge is 2.19. The second-order valence-corrected chi connectivity index (χ2v) is 5.25. The SMILES string of the molecule is c1ccc(CN2CCC(Nc3ncccn3)CC2)cc1. The number of benzene rings is 1. The Morgan fingerprint density at radius 1 is 1.00 bits per heavy atom. The van der Waals surface area contributed by atoms with E-state index in [1.165, 1.54) is 5.56 Å². The first kappa shape index (κ1) is 13.1. The van der Waals surface area contributed by atoms with E-state index >= 15 is 0 Å². The highest BCUT2D eigenvalue weighted by molar-refractivity contribution is 5.24. The van der Waals surface area contributed by atoms with Crippen LogP contribution in [0.15, 0.2) is 48.8 Å². The topological polar surface area (TPSA) is 41.0 Å². The monoisotopic (exact) mass is 268 g/mol. The van der Waals surface area contributed by atoms with Crippen molar-refractivity contribution in [2.45, 2.75) is 25.4 Å². The maximum Gasteiger partial charge on any atom is 0.222 e. The largest absolute Gasteiger partial charge is 0.351 e. The Labute approximate surface area is 119 Å². The number of hydrogen-bond acceptors (Lipinski definition) is 4. The molecule has 20 heavy (non-hydrogen) atoms. The summed E-state index contributed by atoms with van der Waals surface area (Å²) in [6, 6.07) is 13.0. The Kier molecular flexibility index (Phi) is 4.23. The predicted octanol–water partition coefficient (Wildman–Crippen LogP) is 2.55. The maximum absolute atomic E-state index is 4.22. The van der Waals surface area contributed by atoms with Crippen LogP contribution >= 0.6 is 0 Å². The molecule has 1 N–H and O–H groups in total. The Bertz CT molecular complexity index is 457. The van der Waals surface area contributed by atoms with Gasteiger partial charge in [-0.25, -0.2) is 9.97 Å². The van der Waals surface area contributed by atoms with Gasteiger partial charge in [-0.05, 0) is 24.5 Å². The van der Waals surface area contributed by atoms with E-state index < -0.39 is 0 Å². The number of piperidine rings is 1. The molecule has 1 aliphatic heterocycles. The van der Waals surface area contributed by atoms with E-state index in [9.17, 15) is 0 Å². The average molecular weight is 268 g/mol. The van der Waals surface area contributed by atoms with Crippen LogP contribution in [0.4, 0.5) is 5.95 Å². The molecule has 1 fully saturated rings. The number of nitrogens with zero attached hydrogens (tertiary/aromatic N) is 3. The van der Waals surface area contributed by atoms with E-state index in [4.69, 9.17) is 0 Å². The molecule has 104 valence electrons. The number of aromatic nitrogens is 2. The molecule has 0 spiro atoms. The van der Waals surface area contributed by atoms with Gasteiger partial charge in [0.25, 0.3) is 0 Å². The van der Waals surface area contributed by atoms with Crippen LogP contribution in [-0.4, -0.2) is 34.0 Å². The van der Waals surface area contributed by atoms with Crippen LogP contribution in [0, 0.1) is 0 Å². The minimum absolute atomic E-state index is 0.490. The molecular weight excluding hydrogens is 248 g/mol. The third kappa shape index (κ3) is 3.54. The fourth-order valence-corrected chi connectivity index (χ4v) is 2.63. The van der Waals surface area contributed by atoms with Gasteiger partial charge in [0.2, 0.25) is 5.95 Å². The van der Waals surface area contributed by atoms with E-state index in [0.717, 1.165) is 38.4 Å². The molecule has 0 amide bonds. The molecule has 0 bridgehead atoms. The summed E-state index contributed by atoms with van der Waals surface area (Å²) in [6.45, 7) is 3.30. The van der Waals surface area contributed by atoms with E-state index in [1.54, 1.807) is 12.4 Å². The molecule has 4 nitrogen and oxygen atoms in total. The molecule has 2 heterocycles. The number of rotatable bonds is 4. The molecule has 0 unspecified atom stereocenters. The van der Waals surface area contributed by atoms with Gasteiger partial charge in [0.15, 0.2) is 0 Å². The zero-order valence-electron chi connectivity index (χ0n) is 11.6. The van der Waals surface area contributed by atoms with Crippen LogP contribution in [0.2, 0.25) is 0 Å². The van der Waals surface area contributed by atoms with Crippen molar-refractivity contribution in [2.24, 2.45) is 0 Å². The second-order valence-electron chi connectivity index (χ2n) is 5.25. The summed E-state index contributed by atoms with van der Waals surface area (Å²) in [4.78, 5) is 11.0. The highest BCUT2D eigenvalue weighted by Crippen LogP contribution is 2.16. The number of hydrogen-bond donors (Lipinski definition) is 1. The van der Waals surface area contributed by atoms with Gasteiger partial charge in [0.1, 0.15) is 0 Å². The quantitative estimate of drug-likeness (QED) is 0.925. The highest BCUT2D eigenvalue weighted by atomic mass is 15.2. The van der Waals surface area contributed by atoms with Gasteiger partial charge in [-0.1, -0.05) is 30.3 Å². The van der Waals surface area contributed by atoms with Gasteiger partial charge in [-0.3, -0.25) is 4.90 Å². The normalized spacial score (nSPS) is 17.0. The summed E-state index contributed by atoms with van der Waals surface area (Å²) in [5.74, 6) is 0.744. The molecule has 1 aromatic carbocycles. The third-order valence-corrected chi connectivity index (χ3v) is 3.74. The van der Waals surface area contributed by atoms with Crippen molar-refractivity contribution in [1.29, 1.82) is 0 Å². The number of likely N-dealkylation sites (tertiary alicyclic amines) is 1. The smallest absolute Gasteiger partial charge is 0.222 e. The number of anilines is 1. The lowest BCUT2D eigenvalue weighted by molar-refractivity contribution is 0.211. The summed E-state index contributed by atoms with van der Waals surface area (Å²) in [6.07, 6.45) is 5.84. The predicted molar refractivity (Wildman–Crippen MR) is 80.4 cm³/mol. The summed E-state index contributed by atoms with van der Waals surface area (Å²) in [5, 5.41) is 3.42. The molecular formula is C16H20N4.